The molecule has 0 aromatic carbocycles. The summed E-state index contributed by atoms with van der Waals surface area (Å²) in [5.74, 6) is 0. The van der Waals surface area contributed by atoms with Crippen LogP contribution in [0.2, 0.25) is 0 Å². The summed E-state index contributed by atoms with van der Waals surface area (Å²) in [5.41, 5.74) is 5.40. The largest absolute Gasteiger partial charge is 0.470 e. The molecule has 1 aliphatic rings. The minimum Gasteiger partial charge on any atom is -0.329 e. The minimum atomic E-state index is -4.51. The van der Waals surface area contributed by atoms with Crippen LogP contribution in [0.3, 0.4) is 0 Å². The SMILES string of the molecule is CC1=C(/C=C/C(C)=C/C=C/C(C)=C/CC(C[N+](C)(C)C)OP(=O)(O)O)C(C)(C)CCC1. The van der Waals surface area contributed by atoms with Crippen LogP contribution in [-0.2, 0) is 9.09 Å². The van der Waals surface area contributed by atoms with Crippen molar-refractivity contribution >= 4 is 7.82 Å². The highest BCUT2D eigenvalue weighted by Gasteiger charge is 2.27. The molecule has 5 nitrogen and oxygen atoms in total. The molecule has 0 radical (unpaired) electrons. The fraction of sp³-hybridized carbons (Fsp3) is 0.600. The molecule has 0 saturated heterocycles. The summed E-state index contributed by atoms with van der Waals surface area (Å²) in [6.07, 6.45) is 16.1. The Balaban J connectivity index is 2.77. The van der Waals surface area contributed by atoms with Crippen LogP contribution in [0.1, 0.15) is 60.3 Å². The maximum atomic E-state index is 11.3. The van der Waals surface area contributed by atoms with Gasteiger partial charge in [-0.25, -0.2) is 4.57 Å². The van der Waals surface area contributed by atoms with Gasteiger partial charge in [-0.05, 0) is 57.4 Å². The highest BCUT2D eigenvalue weighted by Crippen LogP contribution is 2.41. The number of rotatable bonds is 10. The number of phosphoric ester groups is 1. The molecular formula is C25H43NO4P+. The van der Waals surface area contributed by atoms with E-state index < -0.39 is 13.9 Å². The number of quaternary nitrogens is 1. The van der Waals surface area contributed by atoms with E-state index in [9.17, 15) is 14.4 Å². The number of likely N-dealkylation sites (N-methyl/N-ethyl adjacent to an activating group) is 1. The molecule has 0 fully saturated rings. The Morgan fingerprint density at radius 3 is 2.39 bits per heavy atom. The molecule has 0 aliphatic heterocycles. The van der Waals surface area contributed by atoms with Gasteiger partial charge < -0.3 is 14.3 Å². The summed E-state index contributed by atoms with van der Waals surface area (Å²) in [4.78, 5) is 18.4. The molecule has 0 spiro atoms. The second-order valence-corrected chi connectivity index (χ2v) is 11.6. The molecule has 0 heterocycles. The van der Waals surface area contributed by atoms with Gasteiger partial charge in [0.15, 0.2) is 0 Å². The normalized spacial score (nSPS) is 20.2. The van der Waals surface area contributed by atoms with Crippen molar-refractivity contribution in [1.29, 1.82) is 0 Å². The van der Waals surface area contributed by atoms with E-state index in [1.807, 2.05) is 46.3 Å². The summed E-state index contributed by atoms with van der Waals surface area (Å²) < 4.78 is 16.8. The Labute approximate surface area is 189 Å². The first kappa shape index (κ1) is 27.8. The van der Waals surface area contributed by atoms with E-state index in [0.29, 0.717) is 17.4 Å². The van der Waals surface area contributed by atoms with Crippen LogP contribution in [0.15, 0.2) is 58.7 Å². The van der Waals surface area contributed by atoms with Crippen LogP contribution < -0.4 is 0 Å². The average Bonchev–Trinajstić information content (AvgIpc) is 2.56. The van der Waals surface area contributed by atoms with E-state index in [1.165, 1.54) is 36.0 Å². The Morgan fingerprint density at radius 1 is 1.19 bits per heavy atom. The van der Waals surface area contributed by atoms with Crippen molar-refractivity contribution in [2.75, 3.05) is 27.7 Å². The molecule has 1 atom stereocenters. The molecule has 1 aliphatic carbocycles. The zero-order valence-electron chi connectivity index (χ0n) is 20.7. The molecule has 0 bridgehead atoms. The van der Waals surface area contributed by atoms with Crippen molar-refractivity contribution in [2.24, 2.45) is 5.41 Å². The fourth-order valence-electron chi connectivity index (χ4n) is 3.97. The van der Waals surface area contributed by atoms with Crippen LogP contribution in [-0.4, -0.2) is 48.1 Å². The highest BCUT2D eigenvalue weighted by molar-refractivity contribution is 7.46. The number of phosphoric acid groups is 1. The van der Waals surface area contributed by atoms with Crippen molar-refractivity contribution in [2.45, 2.75) is 66.4 Å². The smallest absolute Gasteiger partial charge is 0.329 e. The van der Waals surface area contributed by atoms with E-state index >= 15 is 0 Å². The molecule has 6 heteroatoms. The molecule has 0 saturated carbocycles. The van der Waals surface area contributed by atoms with Crippen molar-refractivity contribution in [1.82, 2.24) is 0 Å². The van der Waals surface area contributed by atoms with Gasteiger partial charge in [0.05, 0.1) is 21.1 Å². The number of hydrogen-bond donors (Lipinski definition) is 2. The standard InChI is InChI=1S/C25H42NO4P/c1-20(14-16-23(19-26(6,7)8)30-31(27,28)29)11-9-12-21(2)15-17-24-22(3)13-10-18-25(24,4)5/h9,11-12,14-15,17,23H,10,13,16,18-19H2,1-8H3,(H-,27,28,29)/p+1/b11-9+,17-15+,20-14+,21-12+. The topological polar surface area (TPSA) is 66.8 Å². The van der Waals surface area contributed by atoms with Crippen molar-refractivity contribution < 1.29 is 23.4 Å². The molecule has 1 rings (SSSR count). The third kappa shape index (κ3) is 11.8. The van der Waals surface area contributed by atoms with Crippen molar-refractivity contribution in [3.8, 4) is 0 Å². The third-order valence-electron chi connectivity index (χ3n) is 5.51. The van der Waals surface area contributed by atoms with E-state index in [0.717, 1.165) is 5.57 Å². The number of allylic oxidation sites excluding steroid dienone is 9. The molecule has 0 aromatic heterocycles. The quantitative estimate of drug-likeness (QED) is 0.239. The fourth-order valence-corrected chi connectivity index (χ4v) is 4.51. The van der Waals surface area contributed by atoms with Gasteiger partial charge in [-0.15, -0.1) is 0 Å². The lowest BCUT2D eigenvalue weighted by molar-refractivity contribution is -0.873. The lowest BCUT2D eigenvalue weighted by Gasteiger charge is -2.32. The second-order valence-electron chi connectivity index (χ2n) is 10.4. The van der Waals surface area contributed by atoms with Gasteiger partial charge in [-0.3, -0.25) is 4.52 Å². The van der Waals surface area contributed by atoms with Crippen LogP contribution in [0.5, 0.6) is 0 Å². The Bertz CT molecular complexity index is 804. The zero-order chi connectivity index (χ0) is 23.9. The van der Waals surface area contributed by atoms with E-state index in [4.69, 9.17) is 4.52 Å². The Hall–Kier alpha value is -1.23. The number of nitrogens with zero attached hydrogens (tertiary/aromatic N) is 1. The predicted octanol–water partition coefficient (Wildman–Crippen LogP) is 6.09. The van der Waals surface area contributed by atoms with Crippen molar-refractivity contribution in [3.63, 3.8) is 0 Å². The summed E-state index contributed by atoms with van der Waals surface area (Å²) in [5, 5.41) is 0. The summed E-state index contributed by atoms with van der Waals surface area (Å²) in [6.45, 7) is 11.5. The first-order valence-corrected chi connectivity index (χ1v) is 12.6. The van der Waals surface area contributed by atoms with E-state index in [1.54, 1.807) is 0 Å². The van der Waals surface area contributed by atoms with Gasteiger partial charge in [0.1, 0.15) is 12.6 Å². The lowest BCUT2D eigenvalue weighted by Crippen LogP contribution is -2.42. The summed E-state index contributed by atoms with van der Waals surface area (Å²) in [7, 11) is 1.40. The highest BCUT2D eigenvalue weighted by atomic mass is 31.2. The van der Waals surface area contributed by atoms with E-state index in [2.05, 4.69) is 45.9 Å². The average molecular weight is 453 g/mol. The second kappa shape index (κ2) is 11.6. The monoisotopic (exact) mass is 452 g/mol. The first-order chi connectivity index (χ1) is 14.1. The van der Waals surface area contributed by atoms with Gasteiger partial charge in [0.2, 0.25) is 0 Å². The lowest BCUT2D eigenvalue weighted by atomic mass is 9.72. The molecular weight excluding hydrogens is 409 g/mol. The maximum absolute atomic E-state index is 11.3. The van der Waals surface area contributed by atoms with E-state index in [-0.39, 0.29) is 5.41 Å². The molecule has 0 aromatic rings. The minimum absolute atomic E-state index is 0.242. The third-order valence-corrected chi connectivity index (χ3v) is 6.09. The van der Waals surface area contributed by atoms with Gasteiger partial charge in [0, 0.05) is 0 Å². The van der Waals surface area contributed by atoms with Gasteiger partial charge in [-0.2, -0.15) is 0 Å². The zero-order valence-corrected chi connectivity index (χ0v) is 21.6. The molecule has 0 amide bonds. The summed E-state index contributed by atoms with van der Waals surface area (Å²) >= 11 is 0. The Kier molecular flexibility index (Phi) is 10.4. The molecule has 176 valence electrons. The van der Waals surface area contributed by atoms with Crippen LogP contribution in [0, 0.1) is 5.41 Å². The van der Waals surface area contributed by atoms with Crippen LogP contribution in [0.4, 0.5) is 0 Å². The van der Waals surface area contributed by atoms with Crippen LogP contribution >= 0.6 is 7.82 Å². The van der Waals surface area contributed by atoms with Crippen LogP contribution in [0.25, 0.3) is 0 Å². The number of hydrogen-bond acceptors (Lipinski definition) is 2. The predicted molar refractivity (Wildman–Crippen MR) is 131 cm³/mol. The summed E-state index contributed by atoms with van der Waals surface area (Å²) in [6, 6.07) is 0. The maximum Gasteiger partial charge on any atom is 0.470 e. The molecule has 2 N–H and O–H groups in total. The first-order valence-electron chi connectivity index (χ1n) is 11.0. The van der Waals surface area contributed by atoms with Gasteiger partial charge in [-0.1, -0.05) is 67.0 Å². The van der Waals surface area contributed by atoms with Gasteiger partial charge >= 0.3 is 7.82 Å². The Morgan fingerprint density at radius 2 is 1.84 bits per heavy atom. The molecule has 31 heavy (non-hydrogen) atoms. The molecule has 1 unspecified atom stereocenters. The van der Waals surface area contributed by atoms with Gasteiger partial charge in [0.25, 0.3) is 0 Å². The van der Waals surface area contributed by atoms with Crippen molar-refractivity contribution in [3.05, 3.63) is 58.7 Å².